The number of fused-ring (bicyclic) bond motifs is 1. The molecule has 0 spiro atoms. The Kier molecular flexibility index (Phi) is 3.65. The molecule has 0 fully saturated rings. The highest BCUT2D eigenvalue weighted by molar-refractivity contribution is 6.06. The summed E-state index contributed by atoms with van der Waals surface area (Å²) in [7, 11) is 0. The largest absolute Gasteiger partial charge is 0.348 e. The maximum absolute atomic E-state index is 13.1. The number of hydrogen-bond donors (Lipinski definition) is 1. The molecular weight excluding hydrogens is 265 g/mol. The zero-order valence-electron chi connectivity index (χ0n) is 11.3. The molecule has 3 aromatic rings. The van der Waals surface area contributed by atoms with E-state index in [0.29, 0.717) is 12.1 Å². The number of nitrogens with one attached hydrogen (secondary N) is 1. The first kappa shape index (κ1) is 13.3. The standard InChI is InChI=1S/C18H14FNO/c19-15-8-3-5-13(11-15)12-20-18(21)17-10-4-7-14-6-1-2-9-16(14)17/h1-11H,12H2,(H,20,21). The topological polar surface area (TPSA) is 29.1 Å². The monoisotopic (exact) mass is 279 g/mol. The van der Waals surface area contributed by atoms with Crippen LogP contribution in [-0.2, 0) is 6.54 Å². The molecule has 1 N–H and O–H groups in total. The summed E-state index contributed by atoms with van der Waals surface area (Å²) in [6.07, 6.45) is 0. The Balaban J connectivity index is 1.81. The molecular formula is C18H14FNO. The van der Waals surface area contributed by atoms with Crippen molar-refractivity contribution in [2.45, 2.75) is 6.54 Å². The fourth-order valence-electron chi connectivity index (χ4n) is 2.35. The van der Waals surface area contributed by atoms with E-state index in [0.717, 1.165) is 16.3 Å². The second-order valence-electron chi connectivity index (χ2n) is 4.84. The highest BCUT2D eigenvalue weighted by Crippen LogP contribution is 2.18. The molecule has 3 heteroatoms. The second kappa shape index (κ2) is 5.75. The van der Waals surface area contributed by atoms with Crippen molar-refractivity contribution in [3.8, 4) is 0 Å². The predicted octanol–water partition coefficient (Wildman–Crippen LogP) is 3.91. The summed E-state index contributed by atoms with van der Waals surface area (Å²) in [5.74, 6) is -0.456. The summed E-state index contributed by atoms with van der Waals surface area (Å²) >= 11 is 0. The number of carbonyl (C=O) groups excluding carboxylic acids is 1. The van der Waals surface area contributed by atoms with E-state index in [1.54, 1.807) is 18.2 Å². The van der Waals surface area contributed by atoms with Gasteiger partial charge in [-0.3, -0.25) is 4.79 Å². The van der Waals surface area contributed by atoms with Gasteiger partial charge in [0, 0.05) is 12.1 Å². The summed E-state index contributed by atoms with van der Waals surface area (Å²) < 4.78 is 13.1. The Morgan fingerprint density at radius 3 is 2.57 bits per heavy atom. The number of amides is 1. The van der Waals surface area contributed by atoms with E-state index in [1.807, 2.05) is 36.4 Å². The van der Waals surface area contributed by atoms with Gasteiger partial charge in [-0.15, -0.1) is 0 Å². The molecule has 0 aromatic heterocycles. The van der Waals surface area contributed by atoms with Crippen molar-refractivity contribution in [3.05, 3.63) is 83.7 Å². The lowest BCUT2D eigenvalue weighted by Crippen LogP contribution is -2.23. The quantitative estimate of drug-likeness (QED) is 0.773. The Morgan fingerprint density at radius 2 is 1.71 bits per heavy atom. The highest BCUT2D eigenvalue weighted by Gasteiger charge is 2.09. The SMILES string of the molecule is O=C(NCc1cccc(F)c1)c1cccc2ccccc12. The minimum atomic E-state index is -0.299. The molecule has 2 nitrogen and oxygen atoms in total. The van der Waals surface area contributed by atoms with Crippen molar-refractivity contribution in [1.82, 2.24) is 5.32 Å². The van der Waals surface area contributed by atoms with E-state index >= 15 is 0 Å². The molecule has 104 valence electrons. The van der Waals surface area contributed by atoms with Gasteiger partial charge in [-0.25, -0.2) is 4.39 Å². The van der Waals surface area contributed by atoms with Crippen molar-refractivity contribution in [3.63, 3.8) is 0 Å². The molecule has 0 aliphatic carbocycles. The predicted molar refractivity (Wildman–Crippen MR) is 81.5 cm³/mol. The summed E-state index contributed by atoms with van der Waals surface area (Å²) in [4.78, 5) is 12.3. The lowest BCUT2D eigenvalue weighted by Gasteiger charge is -2.08. The van der Waals surface area contributed by atoms with Gasteiger partial charge in [-0.2, -0.15) is 0 Å². The summed E-state index contributed by atoms with van der Waals surface area (Å²) in [6.45, 7) is 0.305. The summed E-state index contributed by atoms with van der Waals surface area (Å²) in [5, 5.41) is 4.77. The third-order valence-corrected chi connectivity index (χ3v) is 3.38. The van der Waals surface area contributed by atoms with Gasteiger partial charge in [-0.05, 0) is 34.5 Å². The first-order valence-corrected chi connectivity index (χ1v) is 6.74. The lowest BCUT2D eigenvalue weighted by molar-refractivity contribution is 0.0952. The van der Waals surface area contributed by atoms with Crippen LogP contribution in [0.15, 0.2) is 66.7 Å². The summed E-state index contributed by atoms with van der Waals surface area (Å²) in [6, 6.07) is 19.6. The smallest absolute Gasteiger partial charge is 0.252 e. The number of hydrogen-bond acceptors (Lipinski definition) is 1. The zero-order valence-corrected chi connectivity index (χ0v) is 11.3. The molecule has 0 aliphatic heterocycles. The number of benzene rings is 3. The third kappa shape index (κ3) is 2.92. The molecule has 0 radical (unpaired) electrons. The average Bonchev–Trinajstić information content (AvgIpc) is 2.52. The van der Waals surface area contributed by atoms with E-state index in [9.17, 15) is 9.18 Å². The van der Waals surface area contributed by atoms with E-state index in [1.165, 1.54) is 12.1 Å². The fourth-order valence-corrected chi connectivity index (χ4v) is 2.35. The molecule has 0 aliphatic rings. The van der Waals surface area contributed by atoms with Crippen LogP contribution in [0.1, 0.15) is 15.9 Å². The van der Waals surface area contributed by atoms with Crippen LogP contribution < -0.4 is 5.32 Å². The van der Waals surface area contributed by atoms with E-state index in [-0.39, 0.29) is 11.7 Å². The molecule has 0 unspecified atom stereocenters. The summed E-state index contributed by atoms with van der Waals surface area (Å²) in [5.41, 5.74) is 1.37. The molecule has 1 amide bonds. The number of rotatable bonds is 3. The van der Waals surface area contributed by atoms with Gasteiger partial charge >= 0.3 is 0 Å². The average molecular weight is 279 g/mol. The molecule has 0 heterocycles. The van der Waals surface area contributed by atoms with E-state index < -0.39 is 0 Å². The lowest BCUT2D eigenvalue weighted by atomic mass is 10.0. The maximum atomic E-state index is 13.1. The minimum Gasteiger partial charge on any atom is -0.348 e. The molecule has 3 aromatic carbocycles. The van der Waals surface area contributed by atoms with Crippen molar-refractivity contribution in [1.29, 1.82) is 0 Å². The number of carbonyl (C=O) groups is 1. The fraction of sp³-hybridized carbons (Fsp3) is 0.0556. The van der Waals surface area contributed by atoms with Gasteiger partial charge < -0.3 is 5.32 Å². The molecule has 0 saturated carbocycles. The Hall–Kier alpha value is -2.68. The van der Waals surface area contributed by atoms with Gasteiger partial charge in [0.1, 0.15) is 5.82 Å². The van der Waals surface area contributed by atoms with Crippen molar-refractivity contribution >= 4 is 16.7 Å². The molecule has 0 atom stereocenters. The second-order valence-corrected chi connectivity index (χ2v) is 4.84. The van der Waals surface area contributed by atoms with Crippen LogP contribution in [-0.4, -0.2) is 5.91 Å². The first-order chi connectivity index (χ1) is 10.2. The van der Waals surface area contributed by atoms with E-state index in [4.69, 9.17) is 0 Å². The Morgan fingerprint density at radius 1 is 0.952 bits per heavy atom. The van der Waals surface area contributed by atoms with Gasteiger partial charge in [0.15, 0.2) is 0 Å². The first-order valence-electron chi connectivity index (χ1n) is 6.74. The maximum Gasteiger partial charge on any atom is 0.252 e. The van der Waals surface area contributed by atoms with Crippen LogP contribution in [0.3, 0.4) is 0 Å². The van der Waals surface area contributed by atoms with Gasteiger partial charge in [0.2, 0.25) is 0 Å². The molecule has 3 rings (SSSR count). The molecule has 0 bridgehead atoms. The van der Waals surface area contributed by atoms with Crippen LogP contribution in [0, 0.1) is 5.82 Å². The van der Waals surface area contributed by atoms with Gasteiger partial charge in [0.05, 0.1) is 0 Å². The van der Waals surface area contributed by atoms with Crippen LogP contribution in [0.4, 0.5) is 4.39 Å². The van der Waals surface area contributed by atoms with E-state index in [2.05, 4.69) is 5.32 Å². The Bertz CT molecular complexity index is 793. The minimum absolute atomic E-state index is 0.156. The number of halogens is 1. The Labute approximate surface area is 122 Å². The van der Waals surface area contributed by atoms with Crippen LogP contribution in [0.25, 0.3) is 10.8 Å². The highest BCUT2D eigenvalue weighted by atomic mass is 19.1. The van der Waals surface area contributed by atoms with Gasteiger partial charge in [-0.1, -0.05) is 48.5 Å². The van der Waals surface area contributed by atoms with Crippen molar-refractivity contribution in [2.75, 3.05) is 0 Å². The third-order valence-electron chi connectivity index (χ3n) is 3.38. The van der Waals surface area contributed by atoms with Crippen LogP contribution in [0.2, 0.25) is 0 Å². The van der Waals surface area contributed by atoms with Crippen LogP contribution in [0.5, 0.6) is 0 Å². The zero-order chi connectivity index (χ0) is 14.7. The van der Waals surface area contributed by atoms with Crippen molar-refractivity contribution in [2.24, 2.45) is 0 Å². The molecule has 0 saturated heterocycles. The molecule has 21 heavy (non-hydrogen) atoms. The normalized spacial score (nSPS) is 10.5. The van der Waals surface area contributed by atoms with Gasteiger partial charge in [0.25, 0.3) is 5.91 Å². The van der Waals surface area contributed by atoms with Crippen LogP contribution >= 0.6 is 0 Å². The van der Waals surface area contributed by atoms with Crippen molar-refractivity contribution < 1.29 is 9.18 Å².